The van der Waals surface area contributed by atoms with Gasteiger partial charge in [0.1, 0.15) is 5.75 Å². The third-order valence-corrected chi connectivity index (χ3v) is 3.57. The molecule has 0 aliphatic heterocycles. The van der Waals surface area contributed by atoms with Crippen LogP contribution in [-0.4, -0.2) is 34.4 Å². The molecule has 96 valence electrons. The highest BCUT2D eigenvalue weighted by Gasteiger charge is 2.13. The second kappa shape index (κ2) is 5.77. The molecule has 0 radical (unpaired) electrons. The maximum atomic E-state index is 5.27. The van der Waals surface area contributed by atoms with Crippen LogP contribution in [0.5, 0.6) is 5.75 Å². The summed E-state index contributed by atoms with van der Waals surface area (Å²) in [5.41, 5.74) is 0.824. The lowest BCUT2D eigenvalue weighted by Gasteiger charge is -2.10. The van der Waals surface area contributed by atoms with Crippen molar-refractivity contribution in [2.24, 2.45) is 0 Å². The molecule has 1 N–H and O–H groups in total. The van der Waals surface area contributed by atoms with E-state index < -0.39 is 0 Å². The third-order valence-electron chi connectivity index (χ3n) is 2.32. The van der Waals surface area contributed by atoms with E-state index in [0.29, 0.717) is 6.54 Å². The molecule has 1 heterocycles. The van der Waals surface area contributed by atoms with Gasteiger partial charge >= 0.3 is 0 Å². The zero-order chi connectivity index (χ0) is 13.1. The van der Waals surface area contributed by atoms with Crippen LogP contribution in [0.15, 0.2) is 21.1 Å². The van der Waals surface area contributed by atoms with Gasteiger partial charge in [-0.2, -0.15) is 4.68 Å². The summed E-state index contributed by atoms with van der Waals surface area (Å²) < 4.78 is 8.68. The predicted molar refractivity (Wildman–Crippen MR) is 73.9 cm³/mol. The average Bonchev–Trinajstić information content (AvgIpc) is 2.78. The van der Waals surface area contributed by atoms with Gasteiger partial charge < -0.3 is 10.1 Å². The van der Waals surface area contributed by atoms with E-state index in [-0.39, 0.29) is 0 Å². The van der Waals surface area contributed by atoms with Crippen molar-refractivity contribution in [3.05, 3.63) is 26.9 Å². The molecule has 0 atom stereocenters. The highest BCUT2D eigenvalue weighted by molar-refractivity contribution is 9.11. The Morgan fingerprint density at radius 3 is 2.78 bits per heavy atom. The molecule has 0 aliphatic carbocycles. The predicted octanol–water partition coefficient (Wildman–Crippen LogP) is 1.92. The molecule has 0 spiro atoms. The first kappa shape index (κ1) is 13.4. The molecule has 0 bridgehead atoms. The summed E-state index contributed by atoms with van der Waals surface area (Å²) in [5.74, 6) is 1.45. The van der Waals surface area contributed by atoms with Gasteiger partial charge in [0.05, 0.1) is 23.8 Å². The first-order valence-corrected chi connectivity index (χ1v) is 6.71. The molecule has 0 saturated heterocycles. The second-order valence-corrected chi connectivity index (χ2v) is 5.18. The van der Waals surface area contributed by atoms with Crippen LogP contribution in [0.2, 0.25) is 0 Å². The Morgan fingerprint density at radius 1 is 1.33 bits per heavy atom. The number of hydrogen-bond acceptors (Lipinski definition) is 5. The molecule has 18 heavy (non-hydrogen) atoms. The van der Waals surface area contributed by atoms with Crippen LogP contribution in [0, 0.1) is 0 Å². The van der Waals surface area contributed by atoms with Gasteiger partial charge in [0.2, 0.25) is 0 Å². The van der Waals surface area contributed by atoms with Crippen LogP contribution < -0.4 is 10.1 Å². The van der Waals surface area contributed by atoms with Crippen molar-refractivity contribution in [1.29, 1.82) is 0 Å². The molecule has 1 aromatic heterocycles. The lowest BCUT2D eigenvalue weighted by molar-refractivity contribution is 0.411. The second-order valence-electron chi connectivity index (χ2n) is 3.48. The van der Waals surface area contributed by atoms with E-state index in [9.17, 15) is 0 Å². The number of hydrogen-bond donors (Lipinski definition) is 1. The van der Waals surface area contributed by atoms with Crippen molar-refractivity contribution < 1.29 is 4.74 Å². The lowest BCUT2D eigenvalue weighted by Crippen LogP contribution is -2.12. The van der Waals surface area contributed by atoms with Crippen molar-refractivity contribution >= 4 is 31.9 Å². The van der Waals surface area contributed by atoms with E-state index in [0.717, 1.165) is 26.2 Å². The van der Waals surface area contributed by atoms with Gasteiger partial charge in [0, 0.05) is 10.5 Å². The number of aromatic nitrogens is 4. The van der Waals surface area contributed by atoms with E-state index in [1.54, 1.807) is 11.8 Å². The molecule has 0 amide bonds. The first-order chi connectivity index (χ1) is 8.67. The Bertz CT molecular complexity index is 557. The largest absolute Gasteiger partial charge is 0.495 e. The van der Waals surface area contributed by atoms with E-state index in [1.165, 1.54) is 0 Å². The Balaban J connectivity index is 2.52. The number of rotatable bonds is 4. The molecule has 6 nitrogen and oxygen atoms in total. The summed E-state index contributed by atoms with van der Waals surface area (Å²) in [6.07, 6.45) is 0. The number of tetrazole rings is 1. The Kier molecular flexibility index (Phi) is 4.31. The van der Waals surface area contributed by atoms with Gasteiger partial charge in [-0.3, -0.25) is 0 Å². The molecular formula is C10H11Br2N5O. The number of benzene rings is 1. The zero-order valence-electron chi connectivity index (χ0n) is 9.81. The van der Waals surface area contributed by atoms with E-state index in [2.05, 4.69) is 52.7 Å². The monoisotopic (exact) mass is 375 g/mol. The summed E-state index contributed by atoms with van der Waals surface area (Å²) >= 11 is 6.92. The fraction of sp³-hybridized carbons (Fsp3) is 0.300. The standard InChI is InChI=1S/C10H11Br2N5O/c1-13-5-10-14-15-16-17(10)8-4-9(18-2)7(12)3-6(8)11/h3-4,13H,5H2,1-2H3. The molecule has 0 fully saturated rings. The zero-order valence-corrected chi connectivity index (χ0v) is 13.0. The highest BCUT2D eigenvalue weighted by Crippen LogP contribution is 2.33. The Hall–Kier alpha value is -0.990. The minimum Gasteiger partial charge on any atom is -0.495 e. The van der Waals surface area contributed by atoms with Gasteiger partial charge in [0.15, 0.2) is 5.82 Å². The first-order valence-electron chi connectivity index (χ1n) is 5.12. The van der Waals surface area contributed by atoms with Crippen LogP contribution in [0.25, 0.3) is 5.69 Å². The van der Waals surface area contributed by atoms with Crippen LogP contribution >= 0.6 is 31.9 Å². The maximum absolute atomic E-state index is 5.27. The minimum absolute atomic E-state index is 0.581. The van der Waals surface area contributed by atoms with Crippen LogP contribution in [0.4, 0.5) is 0 Å². The normalized spacial score (nSPS) is 10.7. The highest BCUT2D eigenvalue weighted by atomic mass is 79.9. The van der Waals surface area contributed by atoms with E-state index in [1.807, 2.05) is 19.2 Å². The molecule has 0 saturated carbocycles. The molecule has 8 heteroatoms. The van der Waals surface area contributed by atoms with Crippen molar-refractivity contribution in [2.45, 2.75) is 6.54 Å². The lowest BCUT2D eigenvalue weighted by atomic mass is 10.3. The number of nitrogens with zero attached hydrogens (tertiary/aromatic N) is 4. The summed E-state index contributed by atoms with van der Waals surface area (Å²) in [6, 6.07) is 3.77. The molecule has 1 aromatic carbocycles. The summed E-state index contributed by atoms with van der Waals surface area (Å²) in [4.78, 5) is 0. The third kappa shape index (κ3) is 2.55. The average molecular weight is 377 g/mol. The van der Waals surface area contributed by atoms with Crippen molar-refractivity contribution in [1.82, 2.24) is 25.5 Å². The minimum atomic E-state index is 0.581. The molecule has 0 unspecified atom stereocenters. The van der Waals surface area contributed by atoms with Crippen molar-refractivity contribution in [3.63, 3.8) is 0 Å². The van der Waals surface area contributed by atoms with Gasteiger partial charge in [-0.15, -0.1) is 5.10 Å². The summed E-state index contributed by atoms with van der Waals surface area (Å²) in [6.45, 7) is 0.581. The smallest absolute Gasteiger partial charge is 0.170 e. The number of methoxy groups -OCH3 is 1. The summed E-state index contributed by atoms with van der Waals surface area (Å²) in [5, 5.41) is 14.7. The molecule has 2 rings (SSSR count). The summed E-state index contributed by atoms with van der Waals surface area (Å²) in [7, 11) is 3.46. The van der Waals surface area contributed by atoms with Gasteiger partial charge in [0.25, 0.3) is 0 Å². The fourth-order valence-corrected chi connectivity index (χ4v) is 2.82. The topological polar surface area (TPSA) is 64.9 Å². The van der Waals surface area contributed by atoms with Crippen LogP contribution in [0.3, 0.4) is 0 Å². The van der Waals surface area contributed by atoms with Gasteiger partial charge in [-0.1, -0.05) is 0 Å². The van der Waals surface area contributed by atoms with Gasteiger partial charge in [-0.05, 0) is 55.4 Å². The fourth-order valence-electron chi connectivity index (χ4n) is 1.50. The Morgan fingerprint density at radius 2 is 2.11 bits per heavy atom. The van der Waals surface area contributed by atoms with E-state index >= 15 is 0 Å². The molecule has 2 aromatic rings. The molecule has 0 aliphatic rings. The quantitative estimate of drug-likeness (QED) is 0.882. The number of ether oxygens (including phenoxy) is 1. The van der Waals surface area contributed by atoms with Crippen molar-refractivity contribution in [2.75, 3.05) is 14.2 Å². The van der Waals surface area contributed by atoms with Crippen molar-refractivity contribution in [3.8, 4) is 11.4 Å². The van der Waals surface area contributed by atoms with E-state index in [4.69, 9.17) is 4.74 Å². The SMILES string of the molecule is CNCc1nnnn1-c1cc(OC)c(Br)cc1Br. The van der Waals surface area contributed by atoms with Crippen LogP contribution in [0.1, 0.15) is 5.82 Å². The van der Waals surface area contributed by atoms with Gasteiger partial charge in [-0.25, -0.2) is 0 Å². The Labute approximate surface area is 121 Å². The van der Waals surface area contributed by atoms with Crippen LogP contribution in [-0.2, 0) is 6.54 Å². The molecular weight excluding hydrogens is 366 g/mol. The number of halogens is 2. The number of nitrogens with one attached hydrogen (secondary N) is 1. The maximum Gasteiger partial charge on any atom is 0.170 e.